The third-order valence-corrected chi connectivity index (χ3v) is 9.96. The standard InChI is InChI=1S/C33H38F3N3O4S/c1-23(24-2-10-28(34)11-3-24)37-32(40)27-4-12-29(13-5-27)38-44(41,42)31-16-8-26(9-17-31)25-6-14-30(15-7-25)43-21-20-39-19-18-33(35,36)22-39/h2-3,6-11,14-17,23,27,29,38H,4-5,12-13,18-22H2,1H3,(H,37,40)/t23-,27-,29-/m1/s1. The lowest BCUT2D eigenvalue weighted by Gasteiger charge is -2.29. The van der Waals surface area contributed by atoms with Crippen LogP contribution in [0.15, 0.2) is 77.7 Å². The highest BCUT2D eigenvalue weighted by atomic mass is 32.2. The molecule has 3 aromatic rings. The lowest BCUT2D eigenvalue weighted by molar-refractivity contribution is -0.126. The van der Waals surface area contributed by atoms with E-state index in [0.29, 0.717) is 51.1 Å². The molecule has 0 spiro atoms. The molecule has 11 heteroatoms. The Morgan fingerprint density at radius 1 is 0.955 bits per heavy atom. The Hall–Kier alpha value is -3.41. The van der Waals surface area contributed by atoms with Crippen molar-refractivity contribution in [2.24, 2.45) is 5.92 Å². The van der Waals surface area contributed by atoms with Crippen LogP contribution in [0.3, 0.4) is 0 Å². The van der Waals surface area contributed by atoms with Gasteiger partial charge < -0.3 is 10.1 Å². The summed E-state index contributed by atoms with van der Waals surface area (Å²) in [6.45, 7) is 2.76. The normalized spacial score (nSPS) is 21.1. The molecule has 2 fully saturated rings. The zero-order chi connectivity index (χ0) is 31.3. The smallest absolute Gasteiger partial charge is 0.261 e. The largest absolute Gasteiger partial charge is 0.492 e. The van der Waals surface area contributed by atoms with E-state index in [9.17, 15) is 26.4 Å². The van der Waals surface area contributed by atoms with Gasteiger partial charge in [-0.1, -0.05) is 36.4 Å². The monoisotopic (exact) mass is 629 g/mol. The lowest BCUT2D eigenvalue weighted by Crippen LogP contribution is -2.41. The van der Waals surface area contributed by atoms with E-state index in [2.05, 4.69) is 10.0 Å². The highest BCUT2D eigenvalue weighted by molar-refractivity contribution is 7.89. The van der Waals surface area contributed by atoms with Crippen LogP contribution < -0.4 is 14.8 Å². The van der Waals surface area contributed by atoms with E-state index < -0.39 is 15.9 Å². The van der Waals surface area contributed by atoms with Gasteiger partial charge in [0.2, 0.25) is 15.9 Å². The molecule has 1 atom stereocenters. The van der Waals surface area contributed by atoms with Crippen molar-refractivity contribution in [3.8, 4) is 16.9 Å². The van der Waals surface area contributed by atoms with Crippen molar-refractivity contribution < 1.29 is 31.1 Å². The highest BCUT2D eigenvalue weighted by Crippen LogP contribution is 2.29. The second-order valence-corrected chi connectivity index (χ2v) is 13.4. The molecule has 1 amide bonds. The van der Waals surface area contributed by atoms with Gasteiger partial charge in [-0.15, -0.1) is 0 Å². The van der Waals surface area contributed by atoms with Crippen LogP contribution in [0.5, 0.6) is 5.75 Å². The quantitative estimate of drug-likeness (QED) is 0.275. The zero-order valence-corrected chi connectivity index (χ0v) is 25.5. The molecule has 3 aromatic carbocycles. The van der Waals surface area contributed by atoms with E-state index in [-0.39, 0.29) is 47.6 Å². The fraction of sp³-hybridized carbons (Fsp3) is 0.424. The van der Waals surface area contributed by atoms with Gasteiger partial charge in [0.1, 0.15) is 18.2 Å². The Labute approximate surface area is 256 Å². The van der Waals surface area contributed by atoms with Crippen molar-refractivity contribution in [1.29, 1.82) is 0 Å². The highest BCUT2D eigenvalue weighted by Gasteiger charge is 2.37. The number of hydrogen-bond donors (Lipinski definition) is 2. The topological polar surface area (TPSA) is 87.7 Å². The average molecular weight is 630 g/mol. The molecule has 1 heterocycles. The summed E-state index contributed by atoms with van der Waals surface area (Å²) in [6.07, 6.45) is 2.14. The molecule has 1 saturated carbocycles. The SMILES string of the molecule is C[C@@H](NC(=O)[C@H]1CC[C@H](NS(=O)(=O)c2ccc(-c3ccc(OCCN4CCC(F)(F)C4)cc3)cc2)CC1)c1ccc(F)cc1. The van der Waals surface area contributed by atoms with Crippen molar-refractivity contribution in [2.45, 2.75) is 61.9 Å². The lowest BCUT2D eigenvalue weighted by atomic mass is 9.85. The number of halogens is 3. The second-order valence-electron chi connectivity index (χ2n) is 11.7. The molecule has 0 radical (unpaired) electrons. The Morgan fingerprint density at radius 3 is 2.16 bits per heavy atom. The Bertz CT molecular complexity index is 1510. The zero-order valence-electron chi connectivity index (χ0n) is 24.6. The molecule has 1 aliphatic carbocycles. The first-order chi connectivity index (χ1) is 21.0. The summed E-state index contributed by atoms with van der Waals surface area (Å²) in [5.74, 6) is -2.58. The van der Waals surface area contributed by atoms with E-state index >= 15 is 0 Å². The van der Waals surface area contributed by atoms with Gasteiger partial charge in [0.15, 0.2) is 0 Å². The third kappa shape index (κ3) is 8.40. The summed E-state index contributed by atoms with van der Waals surface area (Å²) >= 11 is 0. The van der Waals surface area contributed by atoms with E-state index in [1.165, 1.54) is 12.1 Å². The third-order valence-electron chi connectivity index (χ3n) is 8.43. The number of amides is 1. The number of nitrogens with zero attached hydrogens (tertiary/aromatic N) is 1. The van der Waals surface area contributed by atoms with Crippen molar-refractivity contribution >= 4 is 15.9 Å². The van der Waals surface area contributed by atoms with Crippen LogP contribution in [-0.4, -0.2) is 57.4 Å². The number of nitrogens with one attached hydrogen (secondary N) is 2. The summed E-state index contributed by atoms with van der Waals surface area (Å²) in [7, 11) is -3.74. The van der Waals surface area contributed by atoms with Crippen LogP contribution in [0.4, 0.5) is 13.2 Å². The maximum atomic E-state index is 13.3. The van der Waals surface area contributed by atoms with Gasteiger partial charge in [0.25, 0.3) is 5.92 Å². The summed E-state index contributed by atoms with van der Waals surface area (Å²) in [6, 6.07) is 19.5. The molecular formula is C33H38F3N3O4S. The number of carbonyl (C=O) groups is 1. The first-order valence-corrected chi connectivity index (χ1v) is 16.5. The number of sulfonamides is 1. The van der Waals surface area contributed by atoms with Crippen LogP contribution in [-0.2, 0) is 14.8 Å². The van der Waals surface area contributed by atoms with E-state index in [1.807, 2.05) is 19.1 Å². The van der Waals surface area contributed by atoms with Gasteiger partial charge in [-0.2, -0.15) is 0 Å². The van der Waals surface area contributed by atoms with Gasteiger partial charge >= 0.3 is 0 Å². The molecule has 0 aromatic heterocycles. The summed E-state index contributed by atoms with van der Waals surface area (Å²) in [4.78, 5) is 14.7. The Balaban J connectivity index is 1.07. The molecule has 1 saturated heterocycles. The molecule has 5 rings (SSSR count). The molecule has 1 aliphatic heterocycles. The first-order valence-electron chi connectivity index (χ1n) is 15.0. The number of carbonyl (C=O) groups excluding carboxylic acids is 1. The van der Waals surface area contributed by atoms with Crippen LogP contribution in [0.1, 0.15) is 50.6 Å². The fourth-order valence-corrected chi connectivity index (χ4v) is 7.09. The van der Waals surface area contributed by atoms with E-state index in [1.54, 1.807) is 53.4 Å². The molecular weight excluding hydrogens is 591 g/mol. The predicted octanol–water partition coefficient (Wildman–Crippen LogP) is 5.93. The van der Waals surface area contributed by atoms with Crippen molar-refractivity contribution in [1.82, 2.24) is 14.9 Å². The van der Waals surface area contributed by atoms with Gasteiger partial charge in [-0.05, 0) is 85.7 Å². The first kappa shape index (κ1) is 32.0. The van der Waals surface area contributed by atoms with E-state index in [0.717, 1.165) is 16.7 Å². The minimum atomic E-state index is -3.74. The molecule has 2 N–H and O–H groups in total. The number of rotatable bonds is 11. The number of benzene rings is 3. The van der Waals surface area contributed by atoms with Crippen LogP contribution >= 0.6 is 0 Å². The number of likely N-dealkylation sites (tertiary alicyclic amines) is 1. The number of hydrogen-bond acceptors (Lipinski definition) is 5. The Morgan fingerprint density at radius 2 is 1.57 bits per heavy atom. The molecule has 2 aliphatic rings. The molecule has 44 heavy (non-hydrogen) atoms. The summed E-state index contributed by atoms with van der Waals surface area (Å²) < 4.78 is 74.5. The van der Waals surface area contributed by atoms with Gasteiger partial charge in [-0.25, -0.2) is 26.3 Å². The fourth-order valence-electron chi connectivity index (χ4n) is 5.79. The van der Waals surface area contributed by atoms with Gasteiger partial charge in [0.05, 0.1) is 17.5 Å². The van der Waals surface area contributed by atoms with Crippen molar-refractivity contribution in [3.63, 3.8) is 0 Å². The van der Waals surface area contributed by atoms with Crippen LogP contribution in [0.2, 0.25) is 0 Å². The summed E-state index contributed by atoms with van der Waals surface area (Å²) in [5.41, 5.74) is 2.55. The van der Waals surface area contributed by atoms with Crippen molar-refractivity contribution in [3.05, 3.63) is 84.2 Å². The summed E-state index contributed by atoms with van der Waals surface area (Å²) in [5, 5.41) is 2.99. The van der Waals surface area contributed by atoms with Gasteiger partial charge in [-0.3, -0.25) is 9.69 Å². The number of alkyl halides is 2. The molecule has 0 unspecified atom stereocenters. The predicted molar refractivity (Wildman–Crippen MR) is 162 cm³/mol. The van der Waals surface area contributed by atoms with Crippen LogP contribution in [0, 0.1) is 11.7 Å². The second kappa shape index (κ2) is 13.7. The number of ether oxygens (including phenoxy) is 1. The molecule has 0 bridgehead atoms. The molecule has 7 nitrogen and oxygen atoms in total. The molecule has 236 valence electrons. The minimum absolute atomic E-state index is 0.0762. The average Bonchev–Trinajstić information content (AvgIpc) is 3.36. The van der Waals surface area contributed by atoms with Crippen LogP contribution in [0.25, 0.3) is 11.1 Å². The van der Waals surface area contributed by atoms with Gasteiger partial charge in [0, 0.05) is 31.5 Å². The maximum Gasteiger partial charge on any atom is 0.261 e. The Kier molecular flexibility index (Phi) is 9.97. The van der Waals surface area contributed by atoms with E-state index in [4.69, 9.17) is 4.74 Å². The maximum absolute atomic E-state index is 13.3. The minimum Gasteiger partial charge on any atom is -0.492 e. The van der Waals surface area contributed by atoms with Crippen molar-refractivity contribution in [2.75, 3.05) is 26.2 Å².